The lowest BCUT2D eigenvalue weighted by Gasteiger charge is -2.07. The van der Waals surface area contributed by atoms with Crippen LogP contribution in [-0.2, 0) is 16.0 Å². The van der Waals surface area contributed by atoms with Gasteiger partial charge in [0.05, 0.1) is 7.11 Å². The predicted octanol–water partition coefficient (Wildman–Crippen LogP) is 2.05. The summed E-state index contributed by atoms with van der Waals surface area (Å²) in [7, 11) is 1.63. The quantitative estimate of drug-likeness (QED) is 0.513. The van der Waals surface area contributed by atoms with Crippen molar-refractivity contribution in [1.82, 2.24) is 10.6 Å². The van der Waals surface area contributed by atoms with Crippen molar-refractivity contribution in [3.8, 4) is 5.75 Å². The van der Waals surface area contributed by atoms with Crippen LogP contribution >= 0.6 is 0 Å². The molecule has 2 amide bonds. The first kappa shape index (κ1) is 18.0. The van der Waals surface area contributed by atoms with E-state index in [-0.39, 0.29) is 18.2 Å². The number of carbonyl (C=O) groups is 2. The van der Waals surface area contributed by atoms with Crippen molar-refractivity contribution in [3.05, 3.63) is 29.8 Å². The summed E-state index contributed by atoms with van der Waals surface area (Å²) in [6, 6.07) is 7.71. The molecule has 0 spiro atoms. The van der Waals surface area contributed by atoms with E-state index in [0.717, 1.165) is 30.6 Å². The fourth-order valence-corrected chi connectivity index (χ4v) is 2.05. The smallest absolute Gasteiger partial charge is 0.229 e. The molecule has 0 atom stereocenters. The fraction of sp³-hybridized carbons (Fsp3) is 0.529. The Kier molecular flexibility index (Phi) is 8.72. The minimum Gasteiger partial charge on any atom is -0.497 e. The first-order valence-electron chi connectivity index (χ1n) is 7.82. The Morgan fingerprint density at radius 1 is 1.09 bits per heavy atom. The Morgan fingerprint density at radius 2 is 1.82 bits per heavy atom. The zero-order valence-corrected chi connectivity index (χ0v) is 13.5. The molecule has 0 radical (unpaired) electrons. The summed E-state index contributed by atoms with van der Waals surface area (Å²) in [5, 5.41) is 5.52. The van der Waals surface area contributed by atoms with Crippen LogP contribution in [-0.4, -0.2) is 32.0 Å². The van der Waals surface area contributed by atoms with Gasteiger partial charge >= 0.3 is 0 Å². The van der Waals surface area contributed by atoms with Crippen LogP contribution in [0.1, 0.15) is 38.2 Å². The lowest BCUT2D eigenvalue weighted by Crippen LogP contribution is -2.33. The van der Waals surface area contributed by atoms with Crippen molar-refractivity contribution in [3.63, 3.8) is 0 Å². The average Bonchev–Trinajstić information content (AvgIpc) is 2.52. The van der Waals surface area contributed by atoms with Gasteiger partial charge in [-0.05, 0) is 30.5 Å². The van der Waals surface area contributed by atoms with Gasteiger partial charge in [0.15, 0.2) is 0 Å². The summed E-state index contributed by atoms with van der Waals surface area (Å²) in [5.74, 6) is 0.348. The molecule has 0 aliphatic rings. The predicted molar refractivity (Wildman–Crippen MR) is 86.9 cm³/mol. The molecule has 22 heavy (non-hydrogen) atoms. The summed E-state index contributed by atoms with van der Waals surface area (Å²) in [4.78, 5) is 23.2. The van der Waals surface area contributed by atoms with E-state index in [2.05, 4.69) is 17.6 Å². The number of ether oxygens (including phenoxy) is 1. The molecule has 1 aromatic rings. The Bertz CT molecular complexity index is 475. The number of methoxy groups -OCH3 is 1. The van der Waals surface area contributed by atoms with Crippen LogP contribution in [0, 0.1) is 0 Å². The maximum Gasteiger partial charge on any atom is 0.229 e. The van der Waals surface area contributed by atoms with Gasteiger partial charge in [-0.25, -0.2) is 0 Å². The SMILES string of the molecule is CCCCCNC(=O)CC(=O)NCCc1cccc(OC)c1. The molecule has 1 rings (SSSR count). The third-order valence-corrected chi connectivity index (χ3v) is 3.29. The number of carbonyl (C=O) groups excluding carboxylic acids is 2. The highest BCUT2D eigenvalue weighted by atomic mass is 16.5. The number of amides is 2. The van der Waals surface area contributed by atoms with E-state index in [9.17, 15) is 9.59 Å². The summed E-state index contributed by atoms with van der Waals surface area (Å²) in [6.45, 7) is 3.26. The number of nitrogens with one attached hydrogen (secondary N) is 2. The molecule has 5 nitrogen and oxygen atoms in total. The highest BCUT2D eigenvalue weighted by Gasteiger charge is 2.08. The minimum atomic E-state index is -0.240. The molecule has 0 aromatic heterocycles. The molecule has 0 heterocycles. The molecular formula is C17H26N2O3. The van der Waals surface area contributed by atoms with E-state index >= 15 is 0 Å². The molecule has 0 saturated carbocycles. The van der Waals surface area contributed by atoms with Crippen LogP contribution in [0.15, 0.2) is 24.3 Å². The standard InChI is InChI=1S/C17H26N2O3/c1-3-4-5-10-18-16(20)13-17(21)19-11-9-14-7-6-8-15(12-14)22-2/h6-8,12H,3-5,9-11,13H2,1-2H3,(H,18,20)(H,19,21). The summed E-state index contributed by atoms with van der Waals surface area (Å²) < 4.78 is 5.15. The monoisotopic (exact) mass is 306 g/mol. The van der Waals surface area contributed by atoms with Gasteiger partial charge in [-0.15, -0.1) is 0 Å². The molecule has 0 saturated heterocycles. The van der Waals surface area contributed by atoms with Crippen LogP contribution in [0.2, 0.25) is 0 Å². The topological polar surface area (TPSA) is 67.4 Å². The molecule has 0 unspecified atom stereocenters. The largest absolute Gasteiger partial charge is 0.497 e. The number of unbranched alkanes of at least 4 members (excludes halogenated alkanes) is 2. The Labute approximate surface area is 132 Å². The molecule has 0 bridgehead atoms. The van der Waals surface area contributed by atoms with E-state index < -0.39 is 0 Å². The van der Waals surface area contributed by atoms with Gasteiger partial charge in [0.2, 0.25) is 11.8 Å². The number of hydrogen-bond acceptors (Lipinski definition) is 3. The maximum atomic E-state index is 11.7. The number of rotatable bonds is 10. The zero-order chi connectivity index (χ0) is 16.2. The van der Waals surface area contributed by atoms with Crippen LogP contribution in [0.25, 0.3) is 0 Å². The van der Waals surface area contributed by atoms with Crippen LogP contribution in [0.5, 0.6) is 5.75 Å². The van der Waals surface area contributed by atoms with Crippen molar-refractivity contribution in [2.24, 2.45) is 0 Å². The molecular weight excluding hydrogens is 280 g/mol. The molecule has 2 N–H and O–H groups in total. The van der Waals surface area contributed by atoms with E-state index in [1.54, 1.807) is 7.11 Å². The maximum absolute atomic E-state index is 11.7. The molecule has 1 aromatic carbocycles. The van der Waals surface area contributed by atoms with E-state index in [4.69, 9.17) is 4.74 Å². The molecule has 0 aliphatic heterocycles. The first-order chi connectivity index (χ1) is 10.7. The summed E-state index contributed by atoms with van der Waals surface area (Å²) >= 11 is 0. The highest BCUT2D eigenvalue weighted by molar-refractivity contribution is 5.96. The summed E-state index contributed by atoms with van der Waals surface area (Å²) in [6.07, 6.45) is 3.76. The van der Waals surface area contributed by atoms with Gasteiger partial charge in [-0.2, -0.15) is 0 Å². The highest BCUT2D eigenvalue weighted by Crippen LogP contribution is 2.12. The van der Waals surface area contributed by atoms with Gasteiger partial charge < -0.3 is 15.4 Å². The van der Waals surface area contributed by atoms with Crippen molar-refractivity contribution >= 4 is 11.8 Å². The molecule has 0 fully saturated rings. The first-order valence-corrected chi connectivity index (χ1v) is 7.82. The minimum absolute atomic E-state index is 0.107. The van der Waals surface area contributed by atoms with Crippen LogP contribution in [0.4, 0.5) is 0 Å². The Hall–Kier alpha value is -2.04. The van der Waals surface area contributed by atoms with E-state index in [1.807, 2.05) is 24.3 Å². The second-order valence-electron chi connectivity index (χ2n) is 5.19. The van der Waals surface area contributed by atoms with E-state index in [0.29, 0.717) is 19.5 Å². The fourth-order valence-electron chi connectivity index (χ4n) is 2.05. The van der Waals surface area contributed by atoms with Gasteiger partial charge in [0.25, 0.3) is 0 Å². The Balaban J connectivity index is 2.18. The van der Waals surface area contributed by atoms with E-state index in [1.165, 1.54) is 0 Å². The third kappa shape index (κ3) is 7.67. The van der Waals surface area contributed by atoms with Crippen LogP contribution < -0.4 is 15.4 Å². The van der Waals surface area contributed by atoms with Gasteiger partial charge in [-0.3, -0.25) is 9.59 Å². The Morgan fingerprint density at radius 3 is 2.50 bits per heavy atom. The van der Waals surface area contributed by atoms with Gasteiger partial charge in [-0.1, -0.05) is 31.9 Å². The normalized spacial score (nSPS) is 10.1. The van der Waals surface area contributed by atoms with Crippen LogP contribution in [0.3, 0.4) is 0 Å². The number of benzene rings is 1. The molecule has 0 aliphatic carbocycles. The lowest BCUT2D eigenvalue weighted by molar-refractivity contribution is -0.129. The second kappa shape index (κ2) is 10.7. The zero-order valence-electron chi connectivity index (χ0n) is 13.5. The lowest BCUT2D eigenvalue weighted by atomic mass is 10.1. The summed E-state index contributed by atoms with van der Waals surface area (Å²) in [5.41, 5.74) is 1.09. The second-order valence-corrected chi connectivity index (χ2v) is 5.19. The third-order valence-electron chi connectivity index (χ3n) is 3.29. The molecule has 122 valence electrons. The van der Waals surface area contributed by atoms with Crippen molar-refractivity contribution in [2.45, 2.75) is 39.0 Å². The molecule has 5 heteroatoms. The van der Waals surface area contributed by atoms with Gasteiger partial charge in [0, 0.05) is 13.1 Å². The van der Waals surface area contributed by atoms with Crippen molar-refractivity contribution in [1.29, 1.82) is 0 Å². The van der Waals surface area contributed by atoms with Crippen molar-refractivity contribution in [2.75, 3.05) is 20.2 Å². The van der Waals surface area contributed by atoms with Crippen molar-refractivity contribution < 1.29 is 14.3 Å². The number of hydrogen-bond donors (Lipinski definition) is 2. The average molecular weight is 306 g/mol. The van der Waals surface area contributed by atoms with Gasteiger partial charge in [0.1, 0.15) is 12.2 Å².